The Morgan fingerprint density at radius 3 is 2.47 bits per heavy atom. The summed E-state index contributed by atoms with van der Waals surface area (Å²) in [4.78, 5) is 12.0. The Hall–Kier alpha value is -1.11. The van der Waals surface area contributed by atoms with Crippen molar-refractivity contribution in [3.8, 4) is 0 Å². The summed E-state index contributed by atoms with van der Waals surface area (Å²) in [5.74, 6) is 1.19. The average molecular weight is 230 g/mol. The van der Waals surface area contributed by atoms with Gasteiger partial charge in [-0.05, 0) is 36.3 Å². The molecule has 0 aromatic heterocycles. The summed E-state index contributed by atoms with van der Waals surface area (Å²) in [5, 5.41) is 0. The molecule has 1 saturated carbocycles. The second kappa shape index (κ2) is 5.48. The molecule has 1 heteroatoms. The third-order valence-electron chi connectivity index (χ3n) is 3.81. The Balaban J connectivity index is 2.09. The number of Topliss-reactive ketones (excluding diaryl/α,β-unsaturated/α-hetero) is 1. The molecule has 0 bridgehead atoms. The lowest BCUT2D eigenvalue weighted by Crippen LogP contribution is -2.21. The molecule has 0 amide bonds. The summed E-state index contributed by atoms with van der Waals surface area (Å²) < 4.78 is 0. The smallest absolute Gasteiger partial charge is 0.140 e. The quantitative estimate of drug-likeness (QED) is 0.763. The molecule has 1 aromatic carbocycles. The third kappa shape index (κ3) is 2.96. The molecule has 1 aromatic rings. The van der Waals surface area contributed by atoms with Gasteiger partial charge in [0.1, 0.15) is 5.78 Å². The first-order valence-corrected chi connectivity index (χ1v) is 6.82. The largest absolute Gasteiger partial charge is 0.299 e. The van der Waals surface area contributed by atoms with Crippen LogP contribution in [0.3, 0.4) is 0 Å². The first-order chi connectivity index (χ1) is 8.20. The minimum absolute atomic E-state index is 0.168. The molecule has 1 aliphatic rings. The van der Waals surface area contributed by atoms with Crippen LogP contribution in [-0.2, 0) is 11.2 Å². The maximum Gasteiger partial charge on any atom is 0.140 e. The van der Waals surface area contributed by atoms with Crippen LogP contribution in [0.25, 0.3) is 0 Å². The van der Waals surface area contributed by atoms with Crippen molar-refractivity contribution in [1.29, 1.82) is 0 Å². The van der Waals surface area contributed by atoms with Gasteiger partial charge in [0.15, 0.2) is 0 Å². The van der Waals surface area contributed by atoms with Crippen LogP contribution in [0.2, 0.25) is 0 Å². The summed E-state index contributed by atoms with van der Waals surface area (Å²) >= 11 is 0. The van der Waals surface area contributed by atoms with Crippen LogP contribution in [-0.4, -0.2) is 5.78 Å². The number of aryl methyl sites for hydroxylation is 1. The molecule has 1 nitrogen and oxygen atoms in total. The molecule has 1 aliphatic carbocycles. The maximum absolute atomic E-state index is 12.0. The first kappa shape index (κ1) is 12.3. The lowest BCUT2D eigenvalue weighted by atomic mass is 9.78. The van der Waals surface area contributed by atoms with Gasteiger partial charge in [-0.25, -0.2) is 0 Å². The van der Waals surface area contributed by atoms with Gasteiger partial charge < -0.3 is 0 Å². The molecule has 17 heavy (non-hydrogen) atoms. The van der Waals surface area contributed by atoms with E-state index in [1.807, 2.05) is 0 Å². The van der Waals surface area contributed by atoms with Gasteiger partial charge in [-0.3, -0.25) is 4.79 Å². The van der Waals surface area contributed by atoms with Gasteiger partial charge in [0, 0.05) is 12.3 Å². The van der Waals surface area contributed by atoms with Crippen molar-refractivity contribution >= 4 is 5.78 Å². The van der Waals surface area contributed by atoms with E-state index >= 15 is 0 Å². The molecule has 0 unspecified atom stereocenters. The Kier molecular flexibility index (Phi) is 3.98. The predicted molar refractivity (Wildman–Crippen MR) is 71.2 cm³/mol. The molecule has 1 fully saturated rings. The third-order valence-corrected chi connectivity index (χ3v) is 3.81. The van der Waals surface area contributed by atoms with Crippen LogP contribution in [0, 0.1) is 5.92 Å². The Morgan fingerprint density at radius 1 is 1.18 bits per heavy atom. The van der Waals surface area contributed by atoms with E-state index in [0.29, 0.717) is 11.7 Å². The van der Waals surface area contributed by atoms with Crippen LogP contribution >= 0.6 is 0 Å². The van der Waals surface area contributed by atoms with E-state index in [1.54, 1.807) is 0 Å². The Labute approximate surface area is 104 Å². The molecular formula is C16H22O. The summed E-state index contributed by atoms with van der Waals surface area (Å²) in [6.07, 6.45) is 5.30. The lowest BCUT2D eigenvalue weighted by Gasteiger charge is -2.25. The van der Waals surface area contributed by atoms with E-state index in [0.717, 1.165) is 19.3 Å². The molecule has 2 atom stereocenters. The first-order valence-electron chi connectivity index (χ1n) is 6.82. The number of hydrogen-bond donors (Lipinski definition) is 0. The number of rotatable bonds is 3. The van der Waals surface area contributed by atoms with Crippen LogP contribution in [0.15, 0.2) is 24.3 Å². The summed E-state index contributed by atoms with van der Waals surface area (Å²) in [6.45, 7) is 4.37. The van der Waals surface area contributed by atoms with Gasteiger partial charge in [-0.1, -0.05) is 44.5 Å². The minimum Gasteiger partial charge on any atom is -0.299 e. The molecular weight excluding hydrogens is 208 g/mol. The molecule has 92 valence electrons. The minimum atomic E-state index is 0.168. The number of carbonyl (C=O) groups is 1. The van der Waals surface area contributed by atoms with Crippen molar-refractivity contribution in [2.45, 2.75) is 51.9 Å². The average Bonchev–Trinajstić information content (AvgIpc) is 2.31. The highest BCUT2D eigenvalue weighted by atomic mass is 16.1. The molecule has 0 N–H and O–H groups in total. The molecule has 0 spiro atoms. The van der Waals surface area contributed by atoms with Gasteiger partial charge in [-0.2, -0.15) is 0 Å². The van der Waals surface area contributed by atoms with E-state index in [4.69, 9.17) is 0 Å². The zero-order valence-corrected chi connectivity index (χ0v) is 10.9. The fourth-order valence-electron chi connectivity index (χ4n) is 2.76. The second-order valence-corrected chi connectivity index (χ2v) is 5.40. The predicted octanol–water partition coefficient (Wildman–Crippen LogP) is 4.11. The number of benzene rings is 1. The van der Waals surface area contributed by atoms with Crippen molar-refractivity contribution in [1.82, 2.24) is 0 Å². The zero-order valence-electron chi connectivity index (χ0n) is 10.9. The van der Waals surface area contributed by atoms with E-state index in [1.165, 1.54) is 24.0 Å². The molecule has 0 heterocycles. The highest BCUT2D eigenvalue weighted by Gasteiger charge is 2.27. The fraction of sp³-hybridized carbons (Fsp3) is 0.562. The highest BCUT2D eigenvalue weighted by molar-refractivity contribution is 5.86. The van der Waals surface area contributed by atoms with E-state index < -0.39 is 0 Å². The zero-order chi connectivity index (χ0) is 12.3. The highest BCUT2D eigenvalue weighted by Crippen LogP contribution is 2.32. The van der Waals surface area contributed by atoms with Gasteiger partial charge in [-0.15, -0.1) is 0 Å². The van der Waals surface area contributed by atoms with E-state index in [2.05, 4.69) is 38.1 Å². The van der Waals surface area contributed by atoms with Gasteiger partial charge in [0.05, 0.1) is 0 Å². The second-order valence-electron chi connectivity index (χ2n) is 5.40. The van der Waals surface area contributed by atoms with Crippen molar-refractivity contribution < 1.29 is 4.79 Å². The number of ketones is 1. The molecule has 0 radical (unpaired) electrons. The van der Waals surface area contributed by atoms with Crippen LogP contribution in [0.1, 0.15) is 56.6 Å². The van der Waals surface area contributed by atoms with Crippen LogP contribution in [0.5, 0.6) is 0 Å². The van der Waals surface area contributed by atoms with Crippen LogP contribution < -0.4 is 0 Å². The van der Waals surface area contributed by atoms with E-state index in [-0.39, 0.29) is 5.92 Å². The lowest BCUT2D eigenvalue weighted by molar-refractivity contribution is -0.123. The van der Waals surface area contributed by atoms with Crippen molar-refractivity contribution in [2.75, 3.05) is 0 Å². The van der Waals surface area contributed by atoms with Crippen molar-refractivity contribution in [3.05, 3.63) is 35.4 Å². The SMILES string of the molecule is CCCc1ccc([C@H]2CC[C@H](C)CC2=O)cc1. The summed E-state index contributed by atoms with van der Waals surface area (Å²) in [5.41, 5.74) is 2.61. The Morgan fingerprint density at radius 2 is 1.88 bits per heavy atom. The molecule has 0 saturated heterocycles. The monoisotopic (exact) mass is 230 g/mol. The number of carbonyl (C=O) groups excluding carboxylic acids is 1. The Bertz CT molecular complexity index is 377. The van der Waals surface area contributed by atoms with Crippen molar-refractivity contribution in [2.24, 2.45) is 5.92 Å². The van der Waals surface area contributed by atoms with E-state index in [9.17, 15) is 4.79 Å². The van der Waals surface area contributed by atoms with Crippen molar-refractivity contribution in [3.63, 3.8) is 0 Å². The summed E-state index contributed by atoms with van der Waals surface area (Å²) in [7, 11) is 0. The van der Waals surface area contributed by atoms with Gasteiger partial charge in [0.2, 0.25) is 0 Å². The maximum atomic E-state index is 12.0. The number of hydrogen-bond acceptors (Lipinski definition) is 1. The molecule has 2 rings (SSSR count). The fourth-order valence-corrected chi connectivity index (χ4v) is 2.76. The van der Waals surface area contributed by atoms with Gasteiger partial charge in [0.25, 0.3) is 0 Å². The molecule has 0 aliphatic heterocycles. The van der Waals surface area contributed by atoms with Gasteiger partial charge >= 0.3 is 0 Å². The summed E-state index contributed by atoms with van der Waals surface area (Å²) in [6, 6.07) is 8.68. The topological polar surface area (TPSA) is 17.1 Å². The standard InChI is InChI=1S/C16H22O/c1-3-4-13-6-8-14(9-7-13)15-10-5-12(2)11-16(15)17/h6-9,12,15H,3-5,10-11H2,1-2H3/t12-,15+/m0/s1. The normalized spacial score (nSPS) is 24.9. The van der Waals surface area contributed by atoms with Crippen LogP contribution in [0.4, 0.5) is 0 Å².